The third kappa shape index (κ3) is 3.62. The van der Waals surface area contributed by atoms with Crippen molar-refractivity contribution in [3.63, 3.8) is 0 Å². The van der Waals surface area contributed by atoms with E-state index in [2.05, 4.69) is 11.9 Å². The summed E-state index contributed by atoms with van der Waals surface area (Å²) in [6, 6.07) is 18.0. The monoisotopic (exact) mass is 358 g/mol. The summed E-state index contributed by atoms with van der Waals surface area (Å²) < 4.78 is 0. The zero-order valence-corrected chi connectivity index (χ0v) is 14.8. The van der Waals surface area contributed by atoms with Gasteiger partial charge in [0.05, 0.1) is 16.2 Å². The van der Waals surface area contributed by atoms with Gasteiger partial charge in [-0.1, -0.05) is 49.7 Å². The Morgan fingerprint density at radius 3 is 2.48 bits per heavy atom. The van der Waals surface area contributed by atoms with Crippen molar-refractivity contribution in [1.82, 2.24) is 4.98 Å². The van der Waals surface area contributed by atoms with Gasteiger partial charge in [-0.05, 0) is 24.1 Å². The first-order valence-electron chi connectivity index (χ1n) is 8.58. The number of aromatic nitrogens is 1. The van der Waals surface area contributed by atoms with E-state index in [0.29, 0.717) is 16.8 Å². The van der Waals surface area contributed by atoms with E-state index in [1.54, 1.807) is 24.3 Å². The van der Waals surface area contributed by atoms with Crippen molar-refractivity contribution in [2.45, 2.75) is 19.8 Å². The first kappa shape index (κ1) is 18.1. The zero-order valence-electron chi connectivity index (χ0n) is 14.8. The summed E-state index contributed by atoms with van der Waals surface area (Å²) in [4.78, 5) is 15.3. The quantitative estimate of drug-likeness (QED) is 0.524. The molecule has 0 saturated carbocycles. The molecule has 0 amide bonds. The van der Waals surface area contributed by atoms with Crippen molar-refractivity contribution in [2.24, 2.45) is 0 Å². The molecule has 0 spiro atoms. The van der Waals surface area contributed by atoms with Gasteiger partial charge in [0.25, 0.3) is 5.69 Å². The SMILES string of the molecule is CCCc1ccc(-c2cc(-c3ccccc3[N+](=O)[O-])c(C#N)c(N)n2)cc1. The number of benzene rings is 2. The van der Waals surface area contributed by atoms with E-state index in [1.807, 2.05) is 30.3 Å². The number of hydrogen-bond donors (Lipinski definition) is 1. The number of nitriles is 1. The van der Waals surface area contributed by atoms with E-state index in [4.69, 9.17) is 5.73 Å². The molecule has 3 aromatic rings. The van der Waals surface area contributed by atoms with Gasteiger partial charge in [0.15, 0.2) is 0 Å². The van der Waals surface area contributed by atoms with Crippen molar-refractivity contribution >= 4 is 11.5 Å². The third-order valence-electron chi connectivity index (χ3n) is 4.34. The highest BCUT2D eigenvalue weighted by Crippen LogP contribution is 2.36. The van der Waals surface area contributed by atoms with Gasteiger partial charge in [0, 0.05) is 17.2 Å². The first-order chi connectivity index (χ1) is 13.0. The molecular formula is C21H18N4O2. The highest BCUT2D eigenvalue weighted by atomic mass is 16.6. The number of pyridine rings is 1. The topological polar surface area (TPSA) is 106 Å². The van der Waals surface area contributed by atoms with Gasteiger partial charge < -0.3 is 5.73 Å². The summed E-state index contributed by atoms with van der Waals surface area (Å²) >= 11 is 0. The van der Waals surface area contributed by atoms with Crippen molar-refractivity contribution in [2.75, 3.05) is 5.73 Å². The lowest BCUT2D eigenvalue weighted by Gasteiger charge is -2.11. The van der Waals surface area contributed by atoms with E-state index in [-0.39, 0.29) is 17.1 Å². The summed E-state index contributed by atoms with van der Waals surface area (Å²) in [5.41, 5.74) is 9.45. The minimum absolute atomic E-state index is 0.0563. The summed E-state index contributed by atoms with van der Waals surface area (Å²) in [6.45, 7) is 2.12. The second-order valence-corrected chi connectivity index (χ2v) is 6.15. The van der Waals surface area contributed by atoms with Crippen LogP contribution in [-0.4, -0.2) is 9.91 Å². The van der Waals surface area contributed by atoms with Gasteiger partial charge in [-0.2, -0.15) is 5.26 Å². The molecule has 27 heavy (non-hydrogen) atoms. The number of nitro groups is 1. The van der Waals surface area contributed by atoms with Crippen LogP contribution in [0.3, 0.4) is 0 Å². The molecule has 0 fully saturated rings. The number of nitrogen functional groups attached to an aromatic ring is 1. The van der Waals surface area contributed by atoms with Gasteiger partial charge in [-0.25, -0.2) is 4.98 Å². The molecule has 6 heteroatoms. The first-order valence-corrected chi connectivity index (χ1v) is 8.58. The largest absolute Gasteiger partial charge is 0.383 e. The van der Waals surface area contributed by atoms with Crippen LogP contribution in [0.2, 0.25) is 0 Å². The summed E-state index contributed by atoms with van der Waals surface area (Å²) in [6.07, 6.45) is 2.05. The molecule has 1 heterocycles. The molecule has 0 aliphatic heterocycles. The molecule has 0 atom stereocenters. The van der Waals surface area contributed by atoms with Crippen LogP contribution in [0.4, 0.5) is 11.5 Å². The lowest BCUT2D eigenvalue weighted by atomic mass is 9.96. The Balaban J connectivity index is 2.18. The van der Waals surface area contributed by atoms with Crippen molar-refractivity contribution in [3.05, 3.63) is 75.8 Å². The van der Waals surface area contributed by atoms with Crippen molar-refractivity contribution in [1.29, 1.82) is 5.26 Å². The lowest BCUT2D eigenvalue weighted by Crippen LogP contribution is -2.01. The minimum Gasteiger partial charge on any atom is -0.383 e. The highest BCUT2D eigenvalue weighted by molar-refractivity contribution is 5.84. The maximum Gasteiger partial charge on any atom is 0.277 e. The van der Waals surface area contributed by atoms with Crippen LogP contribution in [0.1, 0.15) is 24.5 Å². The molecule has 2 N–H and O–H groups in total. The molecule has 0 unspecified atom stereocenters. The Morgan fingerprint density at radius 1 is 1.15 bits per heavy atom. The molecular weight excluding hydrogens is 340 g/mol. The number of aryl methyl sites for hydroxylation is 1. The average Bonchev–Trinajstić information content (AvgIpc) is 2.68. The van der Waals surface area contributed by atoms with Crippen LogP contribution in [-0.2, 0) is 6.42 Å². The molecule has 3 rings (SSSR count). The standard InChI is InChI=1S/C21H18N4O2/c1-2-5-14-8-10-15(11-9-14)19-12-17(18(13-22)21(23)24-19)16-6-3-4-7-20(16)25(26)27/h3-4,6-12H,2,5H2,1H3,(H2,23,24). The average molecular weight is 358 g/mol. The highest BCUT2D eigenvalue weighted by Gasteiger charge is 2.20. The van der Waals surface area contributed by atoms with Crippen LogP contribution in [0.15, 0.2) is 54.6 Å². The smallest absolute Gasteiger partial charge is 0.277 e. The molecule has 0 aliphatic rings. The van der Waals surface area contributed by atoms with Gasteiger partial charge in [-0.15, -0.1) is 0 Å². The second kappa shape index (κ2) is 7.67. The van der Waals surface area contributed by atoms with E-state index < -0.39 is 4.92 Å². The third-order valence-corrected chi connectivity index (χ3v) is 4.34. The zero-order chi connectivity index (χ0) is 19.4. The molecule has 2 aromatic carbocycles. The number of nitrogens with zero attached hydrogens (tertiary/aromatic N) is 3. The molecule has 6 nitrogen and oxygen atoms in total. The van der Waals surface area contributed by atoms with E-state index in [9.17, 15) is 15.4 Å². The molecule has 0 bridgehead atoms. The Labute approximate surface area is 157 Å². The maximum atomic E-state index is 11.4. The Hall–Kier alpha value is -3.72. The van der Waals surface area contributed by atoms with Crippen LogP contribution >= 0.6 is 0 Å². The van der Waals surface area contributed by atoms with Crippen LogP contribution in [0, 0.1) is 21.4 Å². The number of hydrogen-bond acceptors (Lipinski definition) is 5. The summed E-state index contributed by atoms with van der Waals surface area (Å²) in [7, 11) is 0. The number of para-hydroxylation sites is 1. The number of nitro benzene ring substituents is 1. The van der Waals surface area contributed by atoms with Gasteiger partial charge in [0.1, 0.15) is 17.5 Å². The molecule has 1 aromatic heterocycles. The second-order valence-electron chi connectivity index (χ2n) is 6.15. The summed E-state index contributed by atoms with van der Waals surface area (Å²) in [5.74, 6) is 0.0563. The summed E-state index contributed by atoms with van der Waals surface area (Å²) in [5, 5.41) is 20.9. The predicted molar refractivity (Wildman–Crippen MR) is 105 cm³/mol. The lowest BCUT2D eigenvalue weighted by molar-refractivity contribution is -0.384. The fourth-order valence-electron chi connectivity index (χ4n) is 3.03. The molecule has 134 valence electrons. The Bertz CT molecular complexity index is 1040. The van der Waals surface area contributed by atoms with Crippen LogP contribution < -0.4 is 5.73 Å². The maximum absolute atomic E-state index is 11.4. The Morgan fingerprint density at radius 2 is 1.85 bits per heavy atom. The van der Waals surface area contributed by atoms with Crippen LogP contribution in [0.25, 0.3) is 22.4 Å². The molecule has 0 aliphatic carbocycles. The van der Waals surface area contributed by atoms with Crippen molar-refractivity contribution < 1.29 is 4.92 Å². The van der Waals surface area contributed by atoms with Gasteiger partial charge >= 0.3 is 0 Å². The van der Waals surface area contributed by atoms with E-state index in [0.717, 1.165) is 18.4 Å². The van der Waals surface area contributed by atoms with Crippen molar-refractivity contribution in [3.8, 4) is 28.5 Å². The fourth-order valence-corrected chi connectivity index (χ4v) is 3.03. The van der Waals surface area contributed by atoms with Gasteiger partial charge in [-0.3, -0.25) is 10.1 Å². The van der Waals surface area contributed by atoms with E-state index in [1.165, 1.54) is 11.6 Å². The molecule has 0 saturated heterocycles. The molecule has 0 radical (unpaired) electrons. The van der Waals surface area contributed by atoms with E-state index >= 15 is 0 Å². The van der Waals surface area contributed by atoms with Gasteiger partial charge in [0.2, 0.25) is 0 Å². The predicted octanol–water partition coefficient (Wildman–Crippen LogP) is 4.73. The normalized spacial score (nSPS) is 10.4. The Kier molecular flexibility index (Phi) is 5.13. The fraction of sp³-hybridized carbons (Fsp3) is 0.143. The minimum atomic E-state index is -0.466. The van der Waals surface area contributed by atoms with Crippen LogP contribution in [0.5, 0.6) is 0 Å². The number of nitrogens with two attached hydrogens (primary N) is 1. The number of rotatable bonds is 5. The number of anilines is 1.